The SMILES string of the molecule is CC(=O)Nc1cccc2c1CC(CN1CC=C(c3c[nH]c4cc(Cl)ccc34)CC1)C2. The highest BCUT2D eigenvalue weighted by atomic mass is 35.5. The second kappa shape index (κ2) is 7.93. The van der Waals surface area contributed by atoms with Crippen LogP contribution in [0.2, 0.25) is 5.02 Å². The summed E-state index contributed by atoms with van der Waals surface area (Å²) in [5.74, 6) is 0.611. The first-order chi connectivity index (χ1) is 14.6. The van der Waals surface area contributed by atoms with Gasteiger partial charge in [0.15, 0.2) is 0 Å². The zero-order chi connectivity index (χ0) is 20.7. The molecule has 0 fully saturated rings. The second-order valence-corrected chi connectivity index (χ2v) is 8.97. The highest BCUT2D eigenvalue weighted by Gasteiger charge is 2.26. The van der Waals surface area contributed by atoms with Gasteiger partial charge in [-0.3, -0.25) is 9.69 Å². The smallest absolute Gasteiger partial charge is 0.221 e. The summed E-state index contributed by atoms with van der Waals surface area (Å²) in [6, 6.07) is 12.3. The molecule has 1 aliphatic heterocycles. The number of nitrogens with zero attached hydrogens (tertiary/aromatic N) is 1. The molecule has 0 saturated carbocycles. The van der Waals surface area contributed by atoms with Crippen molar-refractivity contribution in [2.24, 2.45) is 5.92 Å². The van der Waals surface area contributed by atoms with E-state index in [9.17, 15) is 4.79 Å². The summed E-state index contributed by atoms with van der Waals surface area (Å²) in [5.41, 5.74) is 7.51. The van der Waals surface area contributed by atoms with Crippen LogP contribution in [0.3, 0.4) is 0 Å². The minimum atomic E-state index is 0.0000919. The third kappa shape index (κ3) is 3.78. The van der Waals surface area contributed by atoms with Crippen molar-refractivity contribution in [3.8, 4) is 0 Å². The number of aromatic amines is 1. The lowest BCUT2D eigenvalue weighted by atomic mass is 9.97. The van der Waals surface area contributed by atoms with Gasteiger partial charge in [-0.1, -0.05) is 35.9 Å². The van der Waals surface area contributed by atoms with Crippen LogP contribution in [0.1, 0.15) is 30.0 Å². The van der Waals surface area contributed by atoms with Gasteiger partial charge in [0.2, 0.25) is 5.91 Å². The fourth-order valence-corrected chi connectivity index (χ4v) is 5.20. The van der Waals surface area contributed by atoms with Crippen LogP contribution in [0.4, 0.5) is 5.69 Å². The Bertz CT molecular complexity index is 1150. The first-order valence-electron chi connectivity index (χ1n) is 10.6. The van der Waals surface area contributed by atoms with Crippen LogP contribution in [0.15, 0.2) is 48.7 Å². The summed E-state index contributed by atoms with van der Waals surface area (Å²) in [4.78, 5) is 17.4. The molecular weight excluding hydrogens is 394 g/mol. The molecule has 0 bridgehead atoms. The number of rotatable bonds is 4. The molecule has 0 saturated heterocycles. The summed E-state index contributed by atoms with van der Waals surface area (Å²) in [6.07, 6.45) is 7.69. The largest absolute Gasteiger partial charge is 0.361 e. The van der Waals surface area contributed by atoms with Crippen molar-refractivity contribution in [3.63, 3.8) is 0 Å². The summed E-state index contributed by atoms with van der Waals surface area (Å²) >= 11 is 6.12. The average molecular weight is 420 g/mol. The van der Waals surface area contributed by atoms with Crippen molar-refractivity contribution < 1.29 is 4.79 Å². The summed E-state index contributed by atoms with van der Waals surface area (Å²) < 4.78 is 0. The van der Waals surface area contributed by atoms with Gasteiger partial charge in [-0.25, -0.2) is 0 Å². The maximum absolute atomic E-state index is 11.5. The molecule has 0 spiro atoms. The molecule has 2 aliphatic rings. The number of benzene rings is 2. The van der Waals surface area contributed by atoms with E-state index in [1.807, 2.05) is 18.2 Å². The highest BCUT2D eigenvalue weighted by molar-refractivity contribution is 6.31. The van der Waals surface area contributed by atoms with Gasteiger partial charge in [-0.05, 0) is 60.1 Å². The molecule has 1 atom stereocenters. The van der Waals surface area contributed by atoms with E-state index < -0.39 is 0 Å². The lowest BCUT2D eigenvalue weighted by Gasteiger charge is -2.28. The Balaban J connectivity index is 1.25. The number of hydrogen-bond acceptors (Lipinski definition) is 2. The van der Waals surface area contributed by atoms with Gasteiger partial charge >= 0.3 is 0 Å². The lowest BCUT2D eigenvalue weighted by molar-refractivity contribution is -0.114. The molecular formula is C25H26ClN3O. The minimum absolute atomic E-state index is 0.0000919. The zero-order valence-corrected chi connectivity index (χ0v) is 17.9. The number of H-pyrrole nitrogens is 1. The van der Waals surface area contributed by atoms with E-state index in [1.165, 1.54) is 27.6 Å². The molecule has 1 aliphatic carbocycles. The molecule has 5 heteroatoms. The molecule has 1 amide bonds. The Morgan fingerprint density at radius 2 is 2.17 bits per heavy atom. The quantitative estimate of drug-likeness (QED) is 0.604. The molecule has 2 N–H and O–H groups in total. The van der Waals surface area contributed by atoms with Crippen LogP contribution in [-0.2, 0) is 17.6 Å². The van der Waals surface area contributed by atoms with E-state index in [0.717, 1.165) is 55.1 Å². The van der Waals surface area contributed by atoms with Crippen molar-refractivity contribution >= 4 is 39.7 Å². The number of amides is 1. The van der Waals surface area contributed by atoms with Crippen molar-refractivity contribution in [2.75, 3.05) is 25.0 Å². The number of anilines is 1. The number of carbonyl (C=O) groups is 1. The van der Waals surface area contributed by atoms with Crippen LogP contribution in [0, 0.1) is 5.92 Å². The van der Waals surface area contributed by atoms with Gasteiger partial charge in [-0.15, -0.1) is 0 Å². The van der Waals surface area contributed by atoms with Gasteiger partial charge in [0.1, 0.15) is 0 Å². The third-order valence-corrected chi connectivity index (χ3v) is 6.62. The Kier molecular flexibility index (Phi) is 5.13. The molecule has 30 heavy (non-hydrogen) atoms. The van der Waals surface area contributed by atoms with E-state index in [4.69, 9.17) is 11.6 Å². The highest BCUT2D eigenvalue weighted by Crippen LogP contribution is 2.34. The first-order valence-corrected chi connectivity index (χ1v) is 11.0. The molecule has 2 heterocycles. The maximum atomic E-state index is 11.5. The van der Waals surface area contributed by atoms with Gasteiger partial charge in [0, 0.05) is 59.9 Å². The van der Waals surface area contributed by atoms with Gasteiger partial charge in [0.25, 0.3) is 0 Å². The van der Waals surface area contributed by atoms with Crippen molar-refractivity contribution in [2.45, 2.75) is 26.2 Å². The number of hydrogen-bond donors (Lipinski definition) is 2. The van der Waals surface area contributed by atoms with Crippen LogP contribution in [0.25, 0.3) is 16.5 Å². The van der Waals surface area contributed by atoms with E-state index in [0.29, 0.717) is 5.92 Å². The second-order valence-electron chi connectivity index (χ2n) is 8.53. The van der Waals surface area contributed by atoms with E-state index in [2.05, 4.69) is 45.7 Å². The van der Waals surface area contributed by atoms with Crippen molar-refractivity contribution in [1.82, 2.24) is 9.88 Å². The number of carbonyl (C=O) groups excluding carboxylic acids is 1. The fraction of sp³-hybridized carbons (Fsp3) is 0.320. The van der Waals surface area contributed by atoms with E-state index >= 15 is 0 Å². The summed E-state index contributed by atoms with van der Waals surface area (Å²) in [6.45, 7) is 4.74. The molecule has 2 aromatic carbocycles. The third-order valence-electron chi connectivity index (χ3n) is 6.38. The van der Waals surface area contributed by atoms with Crippen LogP contribution < -0.4 is 5.32 Å². The molecule has 3 aromatic rings. The first kappa shape index (κ1) is 19.4. The van der Waals surface area contributed by atoms with Gasteiger partial charge in [-0.2, -0.15) is 0 Å². The summed E-state index contributed by atoms with van der Waals surface area (Å²) in [5, 5.41) is 5.00. The molecule has 5 rings (SSSR count). The Morgan fingerprint density at radius 3 is 2.97 bits per heavy atom. The number of aromatic nitrogens is 1. The standard InChI is InChI=1S/C25H26ClN3O/c1-16(30)28-24-4-2-3-19-11-17(12-22(19)24)15-29-9-7-18(8-10-29)23-14-27-25-13-20(26)5-6-21(23)25/h2-7,13-14,17,27H,8-12,15H2,1H3,(H,28,30). The van der Waals surface area contributed by atoms with E-state index in [1.54, 1.807) is 6.92 Å². The lowest BCUT2D eigenvalue weighted by Crippen LogP contribution is -2.33. The van der Waals surface area contributed by atoms with Crippen LogP contribution in [0.5, 0.6) is 0 Å². The number of halogens is 1. The molecule has 0 radical (unpaired) electrons. The normalized spacial score (nSPS) is 19.0. The molecule has 1 aromatic heterocycles. The Morgan fingerprint density at radius 1 is 1.27 bits per heavy atom. The van der Waals surface area contributed by atoms with Gasteiger partial charge in [0.05, 0.1) is 0 Å². The topological polar surface area (TPSA) is 48.1 Å². The summed E-state index contributed by atoms with van der Waals surface area (Å²) in [7, 11) is 0. The maximum Gasteiger partial charge on any atom is 0.221 e. The Labute approximate surface area is 181 Å². The van der Waals surface area contributed by atoms with Crippen molar-refractivity contribution in [1.29, 1.82) is 0 Å². The zero-order valence-electron chi connectivity index (χ0n) is 17.2. The van der Waals surface area contributed by atoms with Crippen molar-refractivity contribution in [3.05, 3.63) is 70.4 Å². The van der Waals surface area contributed by atoms with E-state index in [-0.39, 0.29) is 5.91 Å². The fourth-order valence-electron chi connectivity index (χ4n) is 5.03. The predicted molar refractivity (Wildman–Crippen MR) is 124 cm³/mol. The van der Waals surface area contributed by atoms with Crippen LogP contribution in [-0.4, -0.2) is 35.4 Å². The molecule has 154 valence electrons. The minimum Gasteiger partial charge on any atom is -0.361 e. The monoisotopic (exact) mass is 419 g/mol. The predicted octanol–water partition coefficient (Wildman–Crippen LogP) is 5.28. The van der Waals surface area contributed by atoms with Crippen LogP contribution >= 0.6 is 11.6 Å². The number of nitrogens with one attached hydrogen (secondary N) is 2. The number of fused-ring (bicyclic) bond motifs is 2. The molecule has 4 nitrogen and oxygen atoms in total. The Hall–Kier alpha value is -2.56. The average Bonchev–Trinajstić information content (AvgIpc) is 3.32. The van der Waals surface area contributed by atoms with Gasteiger partial charge < -0.3 is 10.3 Å². The molecule has 1 unspecified atom stereocenters.